The van der Waals surface area contributed by atoms with E-state index in [2.05, 4.69) is 15.1 Å². The van der Waals surface area contributed by atoms with Gasteiger partial charge in [-0.25, -0.2) is 13.8 Å². The number of benzene rings is 2. The van der Waals surface area contributed by atoms with Crippen LogP contribution in [0, 0.1) is 35.1 Å². The van der Waals surface area contributed by atoms with E-state index in [0.717, 1.165) is 6.07 Å². The zero-order valence-electron chi connectivity index (χ0n) is 15.6. The number of fused-ring (bicyclic) bond motifs is 3. The molecule has 2 aromatic carbocycles. The summed E-state index contributed by atoms with van der Waals surface area (Å²) >= 11 is 6.08. The van der Waals surface area contributed by atoms with E-state index in [9.17, 15) is 19.2 Å². The monoisotopic (exact) mass is 438 g/mol. The molecule has 0 saturated carbocycles. The molecule has 0 radical (unpaired) electrons. The predicted molar refractivity (Wildman–Crippen MR) is 105 cm³/mol. The molecule has 152 valence electrons. The van der Waals surface area contributed by atoms with Crippen LogP contribution in [0.4, 0.5) is 8.78 Å². The third-order valence-corrected chi connectivity index (χ3v) is 5.21. The van der Waals surface area contributed by atoms with E-state index < -0.39 is 11.6 Å². The van der Waals surface area contributed by atoms with E-state index in [4.69, 9.17) is 16.1 Å². The molecule has 0 N–H and O–H groups in total. The van der Waals surface area contributed by atoms with Crippen LogP contribution in [0.5, 0.6) is 0 Å². The van der Waals surface area contributed by atoms with Crippen molar-refractivity contribution in [2.75, 3.05) is 0 Å². The fraction of sp³-hybridized carbons (Fsp3) is 0.0500. The van der Waals surface area contributed by atoms with Crippen LogP contribution in [0.15, 0.2) is 41.2 Å². The summed E-state index contributed by atoms with van der Waals surface area (Å²) in [5, 5.41) is 26.4. The second kappa shape index (κ2) is 6.72. The molecular weight excluding hydrogens is 430 g/mol. The van der Waals surface area contributed by atoms with Crippen molar-refractivity contribution < 1.29 is 18.0 Å². The summed E-state index contributed by atoms with van der Waals surface area (Å²) in [6.45, 7) is 1.55. The molecule has 3 heterocycles. The number of rotatable bonds is 2. The lowest BCUT2D eigenvalue weighted by Gasteiger charge is -2.10. The first-order chi connectivity index (χ1) is 14.9. The van der Waals surface area contributed by atoms with Crippen LogP contribution in [-0.4, -0.2) is 19.5 Å². The second-order valence-electron chi connectivity index (χ2n) is 6.64. The van der Waals surface area contributed by atoms with Crippen molar-refractivity contribution in [3.05, 3.63) is 69.8 Å². The van der Waals surface area contributed by atoms with Gasteiger partial charge in [-0.2, -0.15) is 15.0 Å². The van der Waals surface area contributed by atoms with Gasteiger partial charge < -0.3 is 9.73 Å². The Morgan fingerprint density at radius 1 is 1.26 bits per heavy atom. The highest BCUT2D eigenvalue weighted by Gasteiger charge is 2.26. The van der Waals surface area contributed by atoms with Crippen LogP contribution in [0.1, 0.15) is 11.3 Å². The van der Waals surface area contributed by atoms with Gasteiger partial charge >= 0.3 is 0 Å². The zero-order chi connectivity index (χ0) is 21.9. The van der Waals surface area contributed by atoms with Crippen molar-refractivity contribution in [1.82, 2.24) is 19.5 Å². The molecule has 0 saturated heterocycles. The Hall–Kier alpha value is -4.10. The maximum absolute atomic E-state index is 14.1. The van der Waals surface area contributed by atoms with E-state index >= 15 is 0 Å². The fourth-order valence-corrected chi connectivity index (χ4v) is 3.65. The van der Waals surface area contributed by atoms with Crippen LogP contribution in [0.25, 0.3) is 39.5 Å². The van der Waals surface area contributed by atoms with Crippen molar-refractivity contribution in [3.63, 3.8) is 0 Å². The molecule has 31 heavy (non-hydrogen) atoms. The summed E-state index contributed by atoms with van der Waals surface area (Å²) in [7, 11) is 0. The van der Waals surface area contributed by atoms with E-state index in [1.807, 2.05) is 6.07 Å². The summed E-state index contributed by atoms with van der Waals surface area (Å²) < 4.78 is 34.6. The van der Waals surface area contributed by atoms with E-state index in [1.165, 1.54) is 18.5 Å². The Morgan fingerprint density at radius 2 is 2.06 bits per heavy atom. The van der Waals surface area contributed by atoms with Crippen molar-refractivity contribution in [2.24, 2.45) is 0 Å². The smallest absolute Gasteiger partial charge is 0.261 e. The molecule has 0 amide bonds. The van der Waals surface area contributed by atoms with Crippen LogP contribution in [0.2, 0.25) is 5.02 Å². The second-order valence-corrected chi connectivity index (χ2v) is 7.05. The van der Waals surface area contributed by atoms with Gasteiger partial charge in [0.1, 0.15) is 46.3 Å². The number of hydrogen-bond donors (Lipinski definition) is 0. The molecule has 5 aromatic rings. The van der Waals surface area contributed by atoms with Crippen LogP contribution >= 0.6 is 11.6 Å². The van der Waals surface area contributed by atoms with Crippen molar-refractivity contribution >= 4 is 28.2 Å². The lowest BCUT2D eigenvalue weighted by atomic mass is 10.1. The van der Waals surface area contributed by atoms with Gasteiger partial charge in [0.25, 0.3) is 11.4 Å². The Kier molecular flexibility index (Phi) is 4.09. The third kappa shape index (κ3) is 2.71. The number of aryl methyl sites for hydroxylation is 1. The third-order valence-electron chi connectivity index (χ3n) is 4.89. The minimum absolute atomic E-state index is 0.0122. The SMILES string of the molecule is Cc1c2c(-c3noc(-c4ccc(F)cc4F)n3)ncn2c2ccc(Cl)c(C#N)c2[n+]1[O-]. The van der Waals surface area contributed by atoms with Gasteiger partial charge in [-0.05, 0) is 24.3 Å². The number of nitrogens with zero attached hydrogens (tertiary/aromatic N) is 6. The van der Waals surface area contributed by atoms with Gasteiger partial charge in [-0.15, -0.1) is 0 Å². The van der Waals surface area contributed by atoms with Gasteiger partial charge in [0.15, 0.2) is 0 Å². The lowest BCUT2D eigenvalue weighted by Crippen LogP contribution is -2.33. The number of imidazole rings is 1. The average molecular weight is 439 g/mol. The molecule has 0 atom stereocenters. The van der Waals surface area contributed by atoms with Gasteiger partial charge in [-0.3, -0.25) is 4.40 Å². The Bertz CT molecular complexity index is 1570. The Morgan fingerprint density at radius 3 is 2.81 bits per heavy atom. The van der Waals surface area contributed by atoms with Crippen molar-refractivity contribution in [2.45, 2.75) is 6.92 Å². The number of halogens is 3. The molecule has 5 rings (SSSR count). The summed E-state index contributed by atoms with van der Waals surface area (Å²) in [6.07, 6.45) is 1.45. The first kappa shape index (κ1) is 18.9. The number of hydrogen-bond acceptors (Lipinski definition) is 6. The molecule has 0 unspecified atom stereocenters. The van der Waals surface area contributed by atoms with Gasteiger partial charge in [0.05, 0.1) is 10.6 Å². The minimum Gasteiger partial charge on any atom is -0.618 e. The maximum Gasteiger partial charge on any atom is 0.261 e. The van der Waals surface area contributed by atoms with Gasteiger partial charge in [0, 0.05) is 13.0 Å². The topological polar surface area (TPSA) is 107 Å². The summed E-state index contributed by atoms with van der Waals surface area (Å²) in [6, 6.07) is 8.03. The molecule has 0 spiro atoms. The van der Waals surface area contributed by atoms with Crippen molar-refractivity contribution in [1.29, 1.82) is 5.26 Å². The number of aromatic nitrogens is 5. The maximum atomic E-state index is 14.1. The highest BCUT2D eigenvalue weighted by molar-refractivity contribution is 6.32. The summed E-state index contributed by atoms with van der Waals surface area (Å²) in [5.74, 6) is -1.75. The van der Waals surface area contributed by atoms with Gasteiger partial charge in [-0.1, -0.05) is 16.8 Å². The highest BCUT2D eigenvalue weighted by Crippen LogP contribution is 2.30. The van der Waals surface area contributed by atoms with Crippen LogP contribution in [0.3, 0.4) is 0 Å². The van der Waals surface area contributed by atoms with E-state index in [0.29, 0.717) is 21.8 Å². The van der Waals surface area contributed by atoms with Crippen LogP contribution < -0.4 is 4.73 Å². The zero-order valence-corrected chi connectivity index (χ0v) is 16.4. The fourth-order valence-electron chi connectivity index (χ4n) is 3.46. The molecule has 0 aliphatic carbocycles. The molecule has 0 fully saturated rings. The average Bonchev–Trinajstić information content (AvgIpc) is 3.39. The molecule has 0 aliphatic heterocycles. The first-order valence-electron chi connectivity index (χ1n) is 8.81. The van der Waals surface area contributed by atoms with E-state index in [1.54, 1.807) is 17.4 Å². The minimum atomic E-state index is -0.856. The summed E-state index contributed by atoms with van der Waals surface area (Å²) in [4.78, 5) is 8.46. The van der Waals surface area contributed by atoms with Crippen molar-refractivity contribution in [3.8, 4) is 29.0 Å². The molecule has 11 heteroatoms. The standard InChI is InChI=1S/C20H9ClF2N6O2/c1-9-17-16(19-26-20(31-27-19)11-3-2-10(22)6-14(11)23)25-8-28(17)15-5-4-13(21)12(7-24)18(15)29(9)30/h2-6,8H,1H3. The van der Waals surface area contributed by atoms with Crippen LogP contribution in [-0.2, 0) is 0 Å². The lowest BCUT2D eigenvalue weighted by molar-refractivity contribution is -0.583. The predicted octanol–water partition coefficient (Wildman–Crippen LogP) is 3.95. The highest BCUT2D eigenvalue weighted by atomic mass is 35.5. The molecule has 0 bridgehead atoms. The Labute approximate surface area is 177 Å². The first-order valence-corrected chi connectivity index (χ1v) is 9.19. The summed E-state index contributed by atoms with van der Waals surface area (Å²) in [5.41, 5.74) is 1.30. The Balaban J connectivity index is 1.75. The molecular formula is C20H9ClF2N6O2. The largest absolute Gasteiger partial charge is 0.618 e. The normalized spacial score (nSPS) is 11.3. The molecule has 8 nitrogen and oxygen atoms in total. The molecule has 0 aliphatic rings. The van der Waals surface area contributed by atoms with E-state index in [-0.39, 0.29) is 44.8 Å². The quantitative estimate of drug-likeness (QED) is 0.305. The molecule has 3 aromatic heterocycles. The van der Waals surface area contributed by atoms with Gasteiger partial charge in [0.2, 0.25) is 11.5 Å². The number of nitriles is 1.